The van der Waals surface area contributed by atoms with E-state index in [1.807, 2.05) is 6.07 Å². The minimum absolute atomic E-state index is 0.138. The molecule has 5 nitrogen and oxygen atoms in total. The Labute approximate surface area is 125 Å². The van der Waals surface area contributed by atoms with Crippen molar-refractivity contribution in [2.24, 2.45) is 0 Å². The van der Waals surface area contributed by atoms with Gasteiger partial charge in [-0.1, -0.05) is 17.7 Å². The molecule has 1 amide bonds. The highest BCUT2D eigenvalue weighted by Crippen LogP contribution is 2.12. The molecular weight excluding hydrogens is 266 g/mol. The quantitative estimate of drug-likeness (QED) is 0.754. The van der Waals surface area contributed by atoms with Gasteiger partial charge in [0.2, 0.25) is 0 Å². The lowest BCUT2D eigenvalue weighted by molar-refractivity contribution is 0.0957. The predicted molar refractivity (Wildman–Crippen MR) is 83.4 cm³/mol. The molecule has 0 aromatic carbocycles. The molecule has 2 heterocycles. The number of rotatable bonds is 7. The molecule has 5 heteroatoms. The largest absolute Gasteiger partial charge is 0.377 e. The molecule has 0 radical (unpaired) electrons. The van der Waals surface area contributed by atoms with E-state index in [1.54, 1.807) is 18.3 Å². The number of amides is 1. The fraction of sp³-hybridized carbons (Fsp3) is 0.375. The summed E-state index contributed by atoms with van der Waals surface area (Å²) < 4.78 is 5.27. The summed E-state index contributed by atoms with van der Waals surface area (Å²) in [7, 11) is 0. The van der Waals surface area contributed by atoms with Crippen LogP contribution in [0.5, 0.6) is 0 Å². The molecule has 1 aliphatic rings. The first-order valence-corrected chi connectivity index (χ1v) is 7.14. The third-order valence-corrected chi connectivity index (χ3v) is 3.24. The number of aromatic nitrogens is 1. The summed E-state index contributed by atoms with van der Waals surface area (Å²) in [6, 6.07) is 3.59. The normalized spacial score (nSPS) is 14.2. The summed E-state index contributed by atoms with van der Waals surface area (Å²) in [6.45, 7) is 6.39. The summed E-state index contributed by atoms with van der Waals surface area (Å²) >= 11 is 0. The molecule has 1 aliphatic heterocycles. The zero-order valence-electron chi connectivity index (χ0n) is 12.1. The van der Waals surface area contributed by atoms with Gasteiger partial charge in [0.05, 0.1) is 18.8 Å². The molecule has 0 fully saturated rings. The van der Waals surface area contributed by atoms with E-state index in [0.717, 1.165) is 38.4 Å². The molecule has 1 aromatic heterocycles. The van der Waals surface area contributed by atoms with Crippen LogP contribution in [0.4, 0.5) is 5.82 Å². The second-order valence-corrected chi connectivity index (χ2v) is 4.79. The van der Waals surface area contributed by atoms with Crippen LogP contribution >= 0.6 is 0 Å². The second-order valence-electron chi connectivity index (χ2n) is 4.79. The molecule has 0 bridgehead atoms. The van der Waals surface area contributed by atoms with E-state index in [4.69, 9.17) is 4.74 Å². The second kappa shape index (κ2) is 8.21. The minimum Gasteiger partial charge on any atom is -0.377 e. The van der Waals surface area contributed by atoms with Gasteiger partial charge in [-0.3, -0.25) is 4.79 Å². The zero-order chi connectivity index (χ0) is 14.9. The Balaban J connectivity index is 1.78. The first kappa shape index (κ1) is 15.3. The standard InChI is InChI=1S/C16H21N3O2/c1-2-8-18-16(20)14-3-4-15(19-12-14)17-9-5-13-6-10-21-11-7-13/h2-4,6,12H,1,5,7-11H2,(H,17,19)(H,18,20). The van der Waals surface area contributed by atoms with Gasteiger partial charge < -0.3 is 15.4 Å². The Bertz CT molecular complexity index is 509. The fourth-order valence-electron chi connectivity index (χ4n) is 2.04. The van der Waals surface area contributed by atoms with Gasteiger partial charge in [0.15, 0.2) is 0 Å². The van der Waals surface area contributed by atoms with E-state index in [9.17, 15) is 4.79 Å². The van der Waals surface area contributed by atoms with Crippen molar-refractivity contribution in [1.29, 1.82) is 0 Å². The lowest BCUT2D eigenvalue weighted by atomic mass is 10.1. The van der Waals surface area contributed by atoms with Gasteiger partial charge in [0.1, 0.15) is 5.82 Å². The average Bonchev–Trinajstić information content (AvgIpc) is 2.54. The SMILES string of the molecule is C=CCNC(=O)c1ccc(NCCC2=CCOCC2)nc1. The molecular formula is C16H21N3O2. The molecule has 0 aliphatic carbocycles. The predicted octanol–water partition coefficient (Wildman–Crippen LogP) is 2.15. The number of pyridine rings is 1. The topological polar surface area (TPSA) is 63.2 Å². The molecule has 2 N–H and O–H groups in total. The molecule has 0 saturated heterocycles. The van der Waals surface area contributed by atoms with Gasteiger partial charge >= 0.3 is 0 Å². The van der Waals surface area contributed by atoms with Gasteiger partial charge in [-0.15, -0.1) is 6.58 Å². The van der Waals surface area contributed by atoms with Crippen molar-refractivity contribution >= 4 is 11.7 Å². The van der Waals surface area contributed by atoms with Crippen molar-refractivity contribution in [1.82, 2.24) is 10.3 Å². The van der Waals surface area contributed by atoms with E-state index in [1.165, 1.54) is 5.57 Å². The summed E-state index contributed by atoms with van der Waals surface area (Å²) in [5.74, 6) is 0.643. The van der Waals surface area contributed by atoms with Crippen molar-refractivity contribution in [2.45, 2.75) is 12.8 Å². The summed E-state index contributed by atoms with van der Waals surface area (Å²) in [5.41, 5.74) is 1.98. The molecule has 0 unspecified atom stereocenters. The Morgan fingerprint density at radius 2 is 2.38 bits per heavy atom. The summed E-state index contributed by atoms with van der Waals surface area (Å²) in [4.78, 5) is 15.9. The Hall–Kier alpha value is -2.14. The number of ether oxygens (including phenoxy) is 1. The maximum Gasteiger partial charge on any atom is 0.253 e. The number of carbonyl (C=O) groups excluding carboxylic acids is 1. The van der Waals surface area contributed by atoms with E-state index >= 15 is 0 Å². The average molecular weight is 287 g/mol. The van der Waals surface area contributed by atoms with Gasteiger partial charge in [-0.25, -0.2) is 4.98 Å². The van der Waals surface area contributed by atoms with Crippen LogP contribution in [0.25, 0.3) is 0 Å². The van der Waals surface area contributed by atoms with Crippen LogP contribution < -0.4 is 10.6 Å². The summed E-state index contributed by atoms with van der Waals surface area (Å²) in [5, 5.41) is 5.98. The third kappa shape index (κ3) is 5.04. The van der Waals surface area contributed by atoms with E-state index in [-0.39, 0.29) is 5.91 Å². The minimum atomic E-state index is -0.138. The van der Waals surface area contributed by atoms with Crippen LogP contribution in [-0.4, -0.2) is 37.2 Å². The molecule has 0 spiro atoms. The first-order chi connectivity index (χ1) is 10.3. The lowest BCUT2D eigenvalue weighted by Crippen LogP contribution is -2.23. The van der Waals surface area contributed by atoms with Crippen LogP contribution in [0.3, 0.4) is 0 Å². The number of nitrogens with one attached hydrogen (secondary N) is 2. The number of hydrogen-bond acceptors (Lipinski definition) is 4. The van der Waals surface area contributed by atoms with Crippen molar-refractivity contribution in [3.8, 4) is 0 Å². The fourth-order valence-corrected chi connectivity index (χ4v) is 2.04. The van der Waals surface area contributed by atoms with E-state index in [2.05, 4.69) is 28.3 Å². The van der Waals surface area contributed by atoms with Gasteiger partial charge in [0.25, 0.3) is 5.91 Å². The Kier molecular flexibility index (Phi) is 5.97. The molecule has 0 atom stereocenters. The maximum absolute atomic E-state index is 11.7. The zero-order valence-corrected chi connectivity index (χ0v) is 12.1. The van der Waals surface area contributed by atoms with Crippen molar-refractivity contribution in [3.05, 3.63) is 48.2 Å². The van der Waals surface area contributed by atoms with Crippen LogP contribution in [0.1, 0.15) is 23.2 Å². The Morgan fingerprint density at radius 1 is 1.48 bits per heavy atom. The molecule has 21 heavy (non-hydrogen) atoms. The third-order valence-electron chi connectivity index (χ3n) is 3.24. The highest BCUT2D eigenvalue weighted by atomic mass is 16.5. The van der Waals surface area contributed by atoms with Crippen LogP contribution in [0.2, 0.25) is 0 Å². The van der Waals surface area contributed by atoms with Crippen LogP contribution in [0.15, 0.2) is 42.6 Å². The van der Waals surface area contributed by atoms with Crippen molar-refractivity contribution < 1.29 is 9.53 Å². The molecule has 0 saturated carbocycles. The van der Waals surface area contributed by atoms with Gasteiger partial charge in [-0.05, 0) is 25.0 Å². The van der Waals surface area contributed by atoms with Crippen LogP contribution in [-0.2, 0) is 4.74 Å². The number of hydrogen-bond donors (Lipinski definition) is 2. The smallest absolute Gasteiger partial charge is 0.253 e. The van der Waals surface area contributed by atoms with Crippen LogP contribution in [0, 0.1) is 0 Å². The number of anilines is 1. The number of carbonyl (C=O) groups is 1. The van der Waals surface area contributed by atoms with E-state index < -0.39 is 0 Å². The lowest BCUT2D eigenvalue weighted by Gasteiger charge is -2.14. The van der Waals surface area contributed by atoms with Gasteiger partial charge in [0, 0.05) is 19.3 Å². The summed E-state index contributed by atoms with van der Waals surface area (Å²) in [6.07, 6.45) is 7.37. The molecule has 1 aromatic rings. The van der Waals surface area contributed by atoms with E-state index in [0.29, 0.717) is 12.1 Å². The molecule has 2 rings (SSSR count). The maximum atomic E-state index is 11.7. The van der Waals surface area contributed by atoms with Crippen molar-refractivity contribution in [2.75, 3.05) is 31.6 Å². The Morgan fingerprint density at radius 3 is 3.05 bits per heavy atom. The first-order valence-electron chi connectivity index (χ1n) is 7.14. The highest BCUT2D eigenvalue weighted by Gasteiger charge is 2.05. The molecule has 112 valence electrons. The number of nitrogens with zero attached hydrogens (tertiary/aromatic N) is 1. The van der Waals surface area contributed by atoms with Crippen molar-refractivity contribution in [3.63, 3.8) is 0 Å². The monoisotopic (exact) mass is 287 g/mol. The highest BCUT2D eigenvalue weighted by molar-refractivity contribution is 5.94. The van der Waals surface area contributed by atoms with Gasteiger partial charge in [-0.2, -0.15) is 0 Å².